The molecule has 0 saturated heterocycles. The fourth-order valence-electron chi connectivity index (χ4n) is 4.95. The molecule has 0 bridgehead atoms. The number of carbonyl (C=O) groups is 2. The lowest BCUT2D eigenvalue weighted by atomic mass is 9.71. The van der Waals surface area contributed by atoms with Gasteiger partial charge in [-0.1, -0.05) is 30.3 Å². The third-order valence-electron chi connectivity index (χ3n) is 6.58. The summed E-state index contributed by atoms with van der Waals surface area (Å²) in [6.07, 6.45) is 0.795. The van der Waals surface area contributed by atoms with Crippen LogP contribution in [0.3, 0.4) is 0 Å². The molecule has 2 aromatic rings. The van der Waals surface area contributed by atoms with E-state index in [2.05, 4.69) is 5.32 Å². The molecule has 188 valence electrons. The Morgan fingerprint density at radius 3 is 2.47 bits per heavy atom. The second-order valence-electron chi connectivity index (χ2n) is 8.74. The van der Waals surface area contributed by atoms with Gasteiger partial charge in [0.15, 0.2) is 5.78 Å². The van der Waals surface area contributed by atoms with Crippen LogP contribution in [0.2, 0.25) is 0 Å². The summed E-state index contributed by atoms with van der Waals surface area (Å²) >= 11 is 0. The zero-order valence-electron chi connectivity index (χ0n) is 20.4. The van der Waals surface area contributed by atoms with Gasteiger partial charge in [-0.3, -0.25) is 14.9 Å². The number of benzene rings is 2. The van der Waals surface area contributed by atoms with Crippen LogP contribution in [0.1, 0.15) is 42.7 Å². The number of nitrogens with zero attached hydrogens (tertiary/aromatic N) is 1. The van der Waals surface area contributed by atoms with Gasteiger partial charge in [-0.2, -0.15) is 0 Å². The van der Waals surface area contributed by atoms with Gasteiger partial charge in [0, 0.05) is 54.5 Å². The quantitative estimate of drug-likeness (QED) is 0.253. The highest BCUT2D eigenvalue weighted by atomic mass is 16.6. The number of allylic oxidation sites excluding steroid dienone is 3. The molecule has 0 fully saturated rings. The molecule has 4 rings (SSSR count). The normalized spacial score (nSPS) is 19.5. The summed E-state index contributed by atoms with van der Waals surface area (Å²) in [5.41, 5.74) is 3.58. The number of ketones is 1. The van der Waals surface area contributed by atoms with E-state index in [9.17, 15) is 19.7 Å². The van der Waals surface area contributed by atoms with Crippen LogP contribution in [0.5, 0.6) is 5.75 Å². The number of rotatable bonds is 8. The average molecular weight is 493 g/mol. The number of hydrogen-bond donors (Lipinski definition) is 1. The van der Waals surface area contributed by atoms with Gasteiger partial charge in [0.2, 0.25) is 0 Å². The van der Waals surface area contributed by atoms with Gasteiger partial charge >= 0.3 is 5.97 Å². The number of para-hydroxylation sites is 1. The largest absolute Gasteiger partial charge is 0.496 e. The summed E-state index contributed by atoms with van der Waals surface area (Å²) in [7, 11) is 3.11. The van der Waals surface area contributed by atoms with Crippen molar-refractivity contribution in [3.8, 4) is 5.75 Å². The second kappa shape index (κ2) is 10.7. The van der Waals surface area contributed by atoms with Crippen LogP contribution in [-0.2, 0) is 19.1 Å². The number of nitrogens with one attached hydrogen (secondary N) is 1. The zero-order valence-corrected chi connectivity index (χ0v) is 20.4. The van der Waals surface area contributed by atoms with E-state index in [-0.39, 0.29) is 37.0 Å². The number of nitro groups is 1. The molecule has 1 N–H and O–H groups in total. The van der Waals surface area contributed by atoms with Gasteiger partial charge < -0.3 is 19.5 Å². The fourth-order valence-corrected chi connectivity index (χ4v) is 4.95. The van der Waals surface area contributed by atoms with E-state index in [0.717, 1.165) is 17.0 Å². The monoisotopic (exact) mass is 492 g/mol. The highest BCUT2D eigenvalue weighted by Crippen LogP contribution is 2.47. The van der Waals surface area contributed by atoms with Crippen LogP contribution in [0.25, 0.3) is 0 Å². The van der Waals surface area contributed by atoms with Crippen LogP contribution in [0.15, 0.2) is 71.1 Å². The van der Waals surface area contributed by atoms with Crippen molar-refractivity contribution in [1.29, 1.82) is 0 Å². The Morgan fingerprint density at radius 1 is 1.08 bits per heavy atom. The lowest BCUT2D eigenvalue weighted by Crippen LogP contribution is -2.36. The van der Waals surface area contributed by atoms with Gasteiger partial charge in [-0.15, -0.1) is 0 Å². The Balaban J connectivity index is 1.77. The summed E-state index contributed by atoms with van der Waals surface area (Å²) in [6.45, 7) is 2.07. The Kier molecular flexibility index (Phi) is 7.49. The van der Waals surface area contributed by atoms with E-state index >= 15 is 0 Å². The number of ether oxygens (including phenoxy) is 3. The molecular weight excluding hydrogens is 464 g/mol. The summed E-state index contributed by atoms with van der Waals surface area (Å²) in [5, 5.41) is 14.5. The van der Waals surface area contributed by atoms with Gasteiger partial charge in [0.1, 0.15) is 12.4 Å². The van der Waals surface area contributed by atoms with Crippen molar-refractivity contribution in [3.05, 3.63) is 92.3 Å². The maximum Gasteiger partial charge on any atom is 0.336 e. The molecular formula is C27H28N2O7. The van der Waals surface area contributed by atoms with E-state index < -0.39 is 16.8 Å². The number of carbonyl (C=O) groups excluding carboxylic acids is 2. The minimum atomic E-state index is -0.705. The molecule has 0 amide bonds. The van der Waals surface area contributed by atoms with Crippen molar-refractivity contribution < 1.29 is 28.7 Å². The molecule has 2 aromatic carbocycles. The predicted molar refractivity (Wildman–Crippen MR) is 132 cm³/mol. The highest BCUT2D eigenvalue weighted by Gasteiger charge is 2.42. The summed E-state index contributed by atoms with van der Waals surface area (Å²) in [6, 6.07) is 13.6. The predicted octanol–water partition coefficient (Wildman–Crippen LogP) is 4.15. The van der Waals surface area contributed by atoms with Crippen LogP contribution in [-0.4, -0.2) is 44.1 Å². The van der Waals surface area contributed by atoms with Gasteiger partial charge in [-0.05, 0) is 30.5 Å². The first kappa shape index (κ1) is 25.1. The molecule has 0 saturated carbocycles. The summed E-state index contributed by atoms with van der Waals surface area (Å²) < 4.78 is 15.9. The smallest absolute Gasteiger partial charge is 0.336 e. The average Bonchev–Trinajstić information content (AvgIpc) is 2.87. The van der Waals surface area contributed by atoms with E-state index in [4.69, 9.17) is 14.2 Å². The molecule has 1 heterocycles. The number of non-ortho nitro benzene ring substituents is 1. The Hall–Kier alpha value is -3.98. The van der Waals surface area contributed by atoms with Gasteiger partial charge in [0.25, 0.3) is 5.69 Å². The Bertz CT molecular complexity index is 1250. The molecule has 2 atom stereocenters. The van der Waals surface area contributed by atoms with Crippen LogP contribution < -0.4 is 10.1 Å². The molecule has 0 spiro atoms. The third kappa shape index (κ3) is 4.87. The summed E-state index contributed by atoms with van der Waals surface area (Å²) in [4.78, 5) is 37.5. The lowest BCUT2D eigenvalue weighted by molar-refractivity contribution is -0.384. The Morgan fingerprint density at radius 2 is 1.81 bits per heavy atom. The maximum absolute atomic E-state index is 13.7. The first-order valence-electron chi connectivity index (χ1n) is 11.6. The van der Waals surface area contributed by atoms with E-state index in [1.54, 1.807) is 26.2 Å². The molecule has 9 heteroatoms. The molecule has 0 radical (unpaired) electrons. The fraction of sp³-hybridized carbons (Fsp3) is 0.333. The van der Waals surface area contributed by atoms with E-state index in [0.29, 0.717) is 28.8 Å². The number of dihydropyridines is 1. The van der Waals surface area contributed by atoms with Gasteiger partial charge in [0.05, 0.1) is 24.2 Å². The van der Waals surface area contributed by atoms with Crippen LogP contribution in [0, 0.1) is 10.1 Å². The number of methoxy groups -OCH3 is 2. The molecule has 9 nitrogen and oxygen atoms in total. The van der Waals surface area contributed by atoms with Crippen molar-refractivity contribution in [2.75, 3.05) is 27.4 Å². The van der Waals surface area contributed by atoms with Crippen molar-refractivity contribution >= 4 is 17.4 Å². The SMILES string of the molecule is COCCOC(=O)C1=C(C)NC2=C(C(=O)CC(c3ccccc3OC)C2)C1c1ccc([N+](=O)[O-])cc1. The van der Waals surface area contributed by atoms with Crippen molar-refractivity contribution in [2.45, 2.75) is 31.6 Å². The molecule has 36 heavy (non-hydrogen) atoms. The van der Waals surface area contributed by atoms with Gasteiger partial charge in [-0.25, -0.2) is 4.79 Å². The highest BCUT2D eigenvalue weighted by molar-refractivity contribution is 6.04. The van der Waals surface area contributed by atoms with E-state index in [1.807, 2.05) is 24.3 Å². The van der Waals surface area contributed by atoms with Crippen LogP contribution >= 0.6 is 0 Å². The number of esters is 1. The molecule has 2 aliphatic rings. The lowest BCUT2D eigenvalue weighted by Gasteiger charge is -2.37. The molecule has 1 aliphatic carbocycles. The standard InChI is InChI=1S/C27H28N2O7/c1-16-24(27(31)36-13-12-34-2)25(17-8-10-19(11-9-17)29(32)33)26-21(28-16)14-18(15-22(26)30)20-6-4-5-7-23(20)35-3/h4-11,18,25,28H,12-15H2,1-3H3. The molecule has 1 aliphatic heterocycles. The number of nitro benzene ring substituents is 1. The maximum atomic E-state index is 13.7. The van der Waals surface area contributed by atoms with Crippen molar-refractivity contribution in [2.24, 2.45) is 0 Å². The number of Topliss-reactive ketones (excluding diaryl/α,β-unsaturated/α-hetero) is 1. The van der Waals surface area contributed by atoms with Crippen molar-refractivity contribution in [1.82, 2.24) is 5.32 Å². The first-order chi connectivity index (χ1) is 17.3. The minimum absolute atomic E-state index is 0.0643. The zero-order chi connectivity index (χ0) is 25.8. The summed E-state index contributed by atoms with van der Waals surface area (Å²) in [5.74, 6) is -0.746. The van der Waals surface area contributed by atoms with Crippen LogP contribution in [0.4, 0.5) is 5.69 Å². The number of hydrogen-bond acceptors (Lipinski definition) is 8. The minimum Gasteiger partial charge on any atom is -0.496 e. The molecule has 2 unspecified atom stereocenters. The molecule has 0 aromatic heterocycles. The van der Waals surface area contributed by atoms with E-state index in [1.165, 1.54) is 19.2 Å². The Labute approximate surface area is 208 Å². The third-order valence-corrected chi connectivity index (χ3v) is 6.58. The first-order valence-corrected chi connectivity index (χ1v) is 11.6. The topological polar surface area (TPSA) is 117 Å². The van der Waals surface area contributed by atoms with Crippen molar-refractivity contribution in [3.63, 3.8) is 0 Å². The second-order valence-corrected chi connectivity index (χ2v) is 8.74.